The summed E-state index contributed by atoms with van der Waals surface area (Å²) in [4.78, 5) is 22.2. The number of pyridine rings is 4. The zero-order valence-electron chi connectivity index (χ0n) is 28.5. The van der Waals surface area contributed by atoms with E-state index in [1.165, 1.54) is 11.1 Å². The van der Waals surface area contributed by atoms with Crippen molar-refractivity contribution in [2.45, 2.75) is 26.2 Å². The summed E-state index contributed by atoms with van der Waals surface area (Å²) >= 11 is 0. The molecule has 0 aliphatic heterocycles. The van der Waals surface area contributed by atoms with E-state index in [-0.39, 0.29) is 0 Å². The number of hydrogen-bond acceptors (Lipinski definition) is 2. The molecule has 0 aliphatic carbocycles. The summed E-state index contributed by atoms with van der Waals surface area (Å²) in [5.41, 5.74) is 9.71. The molecule has 0 atom stereocenters. The first-order valence-electron chi connectivity index (χ1n) is 17.0. The fourth-order valence-corrected chi connectivity index (χ4v) is 6.12. The minimum Gasteiger partial charge on any atom is -0.478 e. The van der Waals surface area contributed by atoms with Gasteiger partial charge in [0.1, 0.15) is 0 Å². The molecule has 0 amide bonds. The zero-order valence-corrected chi connectivity index (χ0v) is 28.5. The number of benzene rings is 3. The highest BCUT2D eigenvalue weighted by Crippen LogP contribution is 2.18. The fourth-order valence-electron chi connectivity index (χ4n) is 6.12. The molecule has 0 bridgehead atoms. The van der Waals surface area contributed by atoms with Gasteiger partial charge in [0.15, 0.2) is 75.8 Å². The highest BCUT2D eigenvalue weighted by molar-refractivity contribution is 5.88. The molecular weight excluding hydrogens is 649 g/mol. The van der Waals surface area contributed by atoms with Crippen LogP contribution in [0, 0.1) is 0 Å². The Bertz CT molecular complexity index is 2120. The van der Waals surface area contributed by atoms with E-state index in [1.54, 1.807) is 24.3 Å². The van der Waals surface area contributed by atoms with Crippen LogP contribution in [0.25, 0.3) is 22.3 Å². The molecule has 2 N–H and O–H groups in total. The monoisotopic (exact) mass is 686 g/mol. The van der Waals surface area contributed by atoms with Crippen LogP contribution in [0.3, 0.4) is 0 Å². The summed E-state index contributed by atoms with van der Waals surface area (Å²) in [5, 5.41) is 18.2. The molecule has 0 unspecified atom stereocenters. The Morgan fingerprint density at radius 1 is 0.327 bits per heavy atom. The van der Waals surface area contributed by atoms with E-state index in [1.807, 2.05) is 49.1 Å². The van der Waals surface area contributed by atoms with E-state index >= 15 is 0 Å². The van der Waals surface area contributed by atoms with Gasteiger partial charge in [-0.1, -0.05) is 48.5 Å². The van der Waals surface area contributed by atoms with Gasteiger partial charge in [0.2, 0.25) is 0 Å². The highest BCUT2D eigenvalue weighted by atomic mass is 16.4. The van der Waals surface area contributed by atoms with Crippen molar-refractivity contribution in [1.29, 1.82) is 0 Å². The van der Waals surface area contributed by atoms with E-state index in [4.69, 9.17) is 10.2 Å². The smallest absolute Gasteiger partial charge is 0.335 e. The van der Waals surface area contributed by atoms with Gasteiger partial charge in [0, 0.05) is 70.8 Å². The van der Waals surface area contributed by atoms with Crippen molar-refractivity contribution in [2.75, 3.05) is 0 Å². The zero-order chi connectivity index (χ0) is 35.9. The molecule has 7 aromatic rings. The number of carboxylic acid groups (broad SMARTS) is 2. The number of rotatable bonds is 12. The van der Waals surface area contributed by atoms with E-state index in [0.717, 1.165) is 46.5 Å². The lowest BCUT2D eigenvalue weighted by molar-refractivity contribution is -0.689. The molecule has 3 aromatic carbocycles. The van der Waals surface area contributed by atoms with E-state index < -0.39 is 11.9 Å². The van der Waals surface area contributed by atoms with Gasteiger partial charge in [-0.3, -0.25) is 0 Å². The Morgan fingerprint density at radius 3 is 0.712 bits per heavy atom. The van der Waals surface area contributed by atoms with Crippen LogP contribution in [0.15, 0.2) is 171 Å². The maximum Gasteiger partial charge on any atom is 0.335 e. The standard InChI is InChI=1S/C44H36N4O4/c49-43(50)41-9-5-35(6-10-41)31-47-25-17-39(18-26-47)37-13-21-45(22-14-37)29-33-1-2-34(4-3-33)30-46-23-15-38(16-24-46)40-19-27-48(28-20-40)32-36-7-11-42(12-8-36)44(51)52/h1-28H,29-32H2/q+2/p+2. The topological polar surface area (TPSA) is 90.1 Å². The normalized spacial score (nSPS) is 10.9. The second kappa shape index (κ2) is 15.4. The highest BCUT2D eigenvalue weighted by Gasteiger charge is 2.11. The van der Waals surface area contributed by atoms with Crippen LogP contribution in [-0.2, 0) is 26.2 Å². The van der Waals surface area contributed by atoms with E-state index in [9.17, 15) is 9.59 Å². The molecule has 0 saturated carbocycles. The second-order valence-corrected chi connectivity index (χ2v) is 12.9. The fraction of sp³-hybridized carbons (Fsp3) is 0.0909. The maximum atomic E-state index is 11.1. The summed E-state index contributed by atoms with van der Waals surface area (Å²) in [6.45, 7) is 2.91. The maximum absolute atomic E-state index is 11.1. The molecule has 8 nitrogen and oxygen atoms in total. The van der Waals surface area contributed by atoms with Crippen molar-refractivity contribution in [1.82, 2.24) is 0 Å². The SMILES string of the molecule is O=C(O)c1ccc(C[n+]2ccc(-c3cc[n+](Cc4ccc(C[n+]5ccc(-c6cc[n+](Cc7ccc(C(=O)O)cc7)cc6)cc5)cc4)cc3)cc2)cc1. The predicted octanol–water partition coefficient (Wildman–Crippen LogP) is 5.76. The Morgan fingerprint density at radius 2 is 0.519 bits per heavy atom. The number of nitrogens with zero attached hydrogens (tertiary/aromatic N) is 4. The summed E-state index contributed by atoms with van der Waals surface area (Å²) in [7, 11) is 0. The summed E-state index contributed by atoms with van der Waals surface area (Å²) in [6, 6.07) is 39.7. The minimum absolute atomic E-state index is 0.294. The lowest BCUT2D eigenvalue weighted by atomic mass is 10.1. The molecular formula is C44H38N4O4+4. The second-order valence-electron chi connectivity index (χ2n) is 12.9. The van der Waals surface area contributed by atoms with Gasteiger partial charge >= 0.3 is 11.9 Å². The summed E-state index contributed by atoms with van der Waals surface area (Å²) in [6.07, 6.45) is 16.6. The third kappa shape index (κ3) is 8.49. The van der Waals surface area contributed by atoms with Crippen molar-refractivity contribution in [3.63, 3.8) is 0 Å². The number of hydrogen-bond donors (Lipinski definition) is 2. The van der Waals surface area contributed by atoms with Crippen LogP contribution in [0.2, 0.25) is 0 Å². The van der Waals surface area contributed by atoms with Gasteiger partial charge in [-0.05, 0) is 46.5 Å². The van der Waals surface area contributed by atoms with Crippen molar-refractivity contribution in [3.05, 3.63) is 204 Å². The van der Waals surface area contributed by atoms with Crippen molar-refractivity contribution < 1.29 is 38.1 Å². The molecule has 0 radical (unpaired) electrons. The van der Waals surface area contributed by atoms with E-state index in [2.05, 4.69) is 116 Å². The third-order valence-corrected chi connectivity index (χ3v) is 9.12. The molecule has 0 saturated heterocycles. The Kier molecular flexibility index (Phi) is 9.97. The quantitative estimate of drug-likeness (QED) is 0.160. The van der Waals surface area contributed by atoms with Crippen LogP contribution in [0.4, 0.5) is 0 Å². The number of aromatic nitrogens is 4. The first kappa shape index (κ1) is 33.7. The first-order chi connectivity index (χ1) is 25.3. The Balaban J connectivity index is 0.900. The van der Waals surface area contributed by atoms with Crippen LogP contribution >= 0.6 is 0 Å². The van der Waals surface area contributed by atoms with Gasteiger partial charge in [0.25, 0.3) is 0 Å². The third-order valence-electron chi connectivity index (χ3n) is 9.12. The van der Waals surface area contributed by atoms with E-state index in [0.29, 0.717) is 24.2 Å². The molecule has 0 aliphatic rings. The first-order valence-corrected chi connectivity index (χ1v) is 17.0. The molecule has 52 heavy (non-hydrogen) atoms. The summed E-state index contributed by atoms with van der Waals surface area (Å²) in [5.74, 6) is -1.83. The number of carbonyl (C=O) groups is 2. The van der Waals surface area contributed by atoms with Gasteiger partial charge in [0.05, 0.1) is 11.1 Å². The van der Waals surface area contributed by atoms with Crippen molar-refractivity contribution in [2.24, 2.45) is 0 Å². The largest absolute Gasteiger partial charge is 0.478 e. The molecule has 4 heterocycles. The molecule has 7 rings (SSSR count). The average Bonchev–Trinajstić information content (AvgIpc) is 3.17. The van der Waals surface area contributed by atoms with Crippen LogP contribution in [-0.4, -0.2) is 22.2 Å². The average molecular weight is 687 g/mol. The number of aromatic carboxylic acids is 2. The Hall–Kier alpha value is -6.80. The van der Waals surface area contributed by atoms with Crippen LogP contribution in [0.1, 0.15) is 43.0 Å². The van der Waals surface area contributed by atoms with Gasteiger partial charge in [-0.2, -0.15) is 0 Å². The summed E-state index contributed by atoms with van der Waals surface area (Å²) < 4.78 is 8.52. The molecule has 0 fully saturated rings. The van der Waals surface area contributed by atoms with Crippen molar-refractivity contribution >= 4 is 11.9 Å². The van der Waals surface area contributed by atoms with Gasteiger partial charge in [-0.15, -0.1) is 0 Å². The number of carboxylic acids is 2. The molecule has 254 valence electrons. The lowest BCUT2D eigenvalue weighted by Gasteiger charge is -2.04. The van der Waals surface area contributed by atoms with Gasteiger partial charge in [-0.25, -0.2) is 27.9 Å². The minimum atomic E-state index is -0.915. The molecule has 8 heteroatoms. The lowest BCUT2D eigenvalue weighted by Crippen LogP contribution is -2.34. The van der Waals surface area contributed by atoms with Crippen LogP contribution in [0.5, 0.6) is 0 Å². The van der Waals surface area contributed by atoms with Crippen molar-refractivity contribution in [3.8, 4) is 22.3 Å². The van der Waals surface area contributed by atoms with Gasteiger partial charge < -0.3 is 10.2 Å². The predicted molar refractivity (Wildman–Crippen MR) is 194 cm³/mol. The Labute approximate surface area is 302 Å². The van der Waals surface area contributed by atoms with Crippen LogP contribution < -0.4 is 18.3 Å². The molecule has 0 spiro atoms. The molecule has 4 aromatic heterocycles.